The lowest BCUT2D eigenvalue weighted by molar-refractivity contribution is -0.119. The molecule has 0 aromatic carbocycles. The van der Waals surface area contributed by atoms with Crippen LogP contribution in [0.25, 0.3) is 0 Å². The molecule has 16 heavy (non-hydrogen) atoms. The van der Waals surface area contributed by atoms with Gasteiger partial charge in [-0.25, -0.2) is 0 Å². The van der Waals surface area contributed by atoms with Gasteiger partial charge in [0.2, 0.25) is 5.91 Å². The number of nitrogens with one attached hydrogen (secondary N) is 1. The van der Waals surface area contributed by atoms with E-state index in [4.69, 9.17) is 0 Å². The third-order valence-corrected chi connectivity index (χ3v) is 5.39. The van der Waals surface area contributed by atoms with E-state index in [0.717, 1.165) is 6.42 Å². The summed E-state index contributed by atoms with van der Waals surface area (Å²) in [5.74, 6) is 0.166. The number of hydrogen-bond donors (Lipinski definition) is 1. The first-order chi connectivity index (χ1) is 7.39. The summed E-state index contributed by atoms with van der Waals surface area (Å²) in [6, 6.07) is 4.37. The predicted molar refractivity (Wildman–Crippen MR) is 67.9 cm³/mol. The van der Waals surface area contributed by atoms with Crippen molar-refractivity contribution in [2.24, 2.45) is 0 Å². The lowest BCUT2D eigenvalue weighted by Gasteiger charge is -2.36. The number of hydrogen-bond acceptors (Lipinski definition) is 2. The van der Waals surface area contributed by atoms with Crippen LogP contribution >= 0.6 is 11.3 Å². The van der Waals surface area contributed by atoms with Crippen molar-refractivity contribution in [1.82, 2.24) is 5.32 Å². The molecule has 1 fully saturated rings. The molecule has 0 saturated carbocycles. The largest absolute Gasteiger partial charge is 0.350 e. The fraction of sp³-hybridized carbons (Fsp3) is 0.615. The van der Waals surface area contributed by atoms with E-state index in [0.29, 0.717) is 6.42 Å². The van der Waals surface area contributed by atoms with Gasteiger partial charge in [0.05, 0.1) is 0 Å². The molecule has 0 spiro atoms. The first-order valence-electron chi connectivity index (χ1n) is 5.79. The highest BCUT2D eigenvalue weighted by atomic mass is 32.1. The van der Waals surface area contributed by atoms with E-state index in [1.54, 1.807) is 0 Å². The normalized spacial score (nSPS) is 28.1. The van der Waals surface area contributed by atoms with Crippen LogP contribution in [0.5, 0.6) is 0 Å². The van der Waals surface area contributed by atoms with Gasteiger partial charge >= 0.3 is 0 Å². The van der Waals surface area contributed by atoms with Crippen molar-refractivity contribution in [1.29, 1.82) is 0 Å². The molecule has 3 heteroatoms. The molecule has 1 aliphatic heterocycles. The zero-order valence-corrected chi connectivity index (χ0v) is 11.2. The highest BCUT2D eigenvalue weighted by Crippen LogP contribution is 2.45. The topological polar surface area (TPSA) is 29.1 Å². The van der Waals surface area contributed by atoms with Gasteiger partial charge < -0.3 is 5.32 Å². The quantitative estimate of drug-likeness (QED) is 0.842. The maximum absolute atomic E-state index is 11.6. The molecule has 1 aliphatic rings. The number of carbonyl (C=O) groups excluding carboxylic acids is 1. The van der Waals surface area contributed by atoms with Crippen molar-refractivity contribution in [2.45, 2.75) is 51.5 Å². The van der Waals surface area contributed by atoms with Gasteiger partial charge in [-0.3, -0.25) is 4.79 Å². The fourth-order valence-corrected chi connectivity index (χ4v) is 3.58. The van der Waals surface area contributed by atoms with Crippen molar-refractivity contribution < 1.29 is 4.79 Å². The zero-order chi connectivity index (χ0) is 12.0. The molecule has 2 heterocycles. The van der Waals surface area contributed by atoms with Crippen molar-refractivity contribution in [3.05, 3.63) is 21.9 Å². The Hall–Kier alpha value is -0.830. The molecule has 2 nitrogen and oxygen atoms in total. The van der Waals surface area contributed by atoms with Crippen LogP contribution in [0.15, 0.2) is 12.1 Å². The van der Waals surface area contributed by atoms with Gasteiger partial charge in [0.25, 0.3) is 0 Å². The molecule has 0 bridgehead atoms. The molecular formula is C13H19NOS. The van der Waals surface area contributed by atoms with Crippen LogP contribution in [0.2, 0.25) is 0 Å². The molecule has 1 saturated heterocycles. The number of aryl methyl sites for hydroxylation is 1. The van der Waals surface area contributed by atoms with Crippen LogP contribution in [0, 0.1) is 0 Å². The van der Waals surface area contributed by atoms with Crippen LogP contribution in [-0.4, -0.2) is 11.4 Å². The molecule has 88 valence electrons. The van der Waals surface area contributed by atoms with Crippen LogP contribution in [0.3, 0.4) is 0 Å². The third kappa shape index (κ3) is 1.58. The highest BCUT2D eigenvalue weighted by Gasteiger charge is 2.50. The molecule has 1 atom stereocenters. The van der Waals surface area contributed by atoms with Gasteiger partial charge in [-0.1, -0.05) is 13.8 Å². The molecule has 1 amide bonds. The van der Waals surface area contributed by atoms with Crippen LogP contribution in [0.4, 0.5) is 0 Å². The van der Waals surface area contributed by atoms with E-state index in [9.17, 15) is 4.79 Å². The molecule has 1 unspecified atom stereocenters. The molecular weight excluding hydrogens is 218 g/mol. The van der Waals surface area contributed by atoms with Crippen molar-refractivity contribution in [2.75, 3.05) is 0 Å². The maximum Gasteiger partial charge on any atom is 0.221 e. The summed E-state index contributed by atoms with van der Waals surface area (Å²) in [6.45, 7) is 8.59. The summed E-state index contributed by atoms with van der Waals surface area (Å²) in [4.78, 5) is 14.3. The van der Waals surface area contributed by atoms with Crippen molar-refractivity contribution in [3.63, 3.8) is 0 Å². The van der Waals surface area contributed by atoms with Gasteiger partial charge in [0, 0.05) is 27.1 Å². The van der Waals surface area contributed by atoms with Crippen LogP contribution in [-0.2, 0) is 16.6 Å². The minimum Gasteiger partial charge on any atom is -0.350 e. The summed E-state index contributed by atoms with van der Waals surface area (Å²) in [6.07, 6.45) is 1.67. The lowest BCUT2D eigenvalue weighted by atomic mass is 9.73. The predicted octanol–water partition coefficient (Wildman–Crippen LogP) is 2.87. The number of thiophene rings is 1. The molecule has 1 aromatic heterocycles. The second-order valence-electron chi connectivity index (χ2n) is 5.30. The van der Waals surface area contributed by atoms with E-state index < -0.39 is 0 Å². The van der Waals surface area contributed by atoms with Crippen molar-refractivity contribution in [3.8, 4) is 0 Å². The Bertz CT molecular complexity index is 421. The second kappa shape index (κ2) is 3.59. The van der Waals surface area contributed by atoms with Crippen LogP contribution in [0.1, 0.15) is 43.9 Å². The SMILES string of the molecule is CCc1ccc(C2(C)CC(=O)NC2(C)C)s1. The van der Waals surface area contributed by atoms with E-state index in [2.05, 4.69) is 45.1 Å². The Morgan fingerprint density at radius 3 is 2.50 bits per heavy atom. The minimum absolute atomic E-state index is 0.0673. The van der Waals surface area contributed by atoms with Crippen molar-refractivity contribution >= 4 is 17.2 Å². The Kier molecular flexibility index (Phi) is 2.61. The first kappa shape index (κ1) is 11.6. The van der Waals surface area contributed by atoms with E-state index in [-0.39, 0.29) is 16.9 Å². The standard InChI is InChI=1S/C13H19NOS/c1-5-9-6-7-10(16-9)13(4)8-11(15)14-12(13,2)3/h6-7H,5,8H2,1-4H3,(H,14,15). The Labute approximate surface area is 101 Å². The average Bonchev–Trinajstić information content (AvgIpc) is 2.70. The minimum atomic E-state index is -0.153. The maximum atomic E-state index is 11.6. The highest BCUT2D eigenvalue weighted by molar-refractivity contribution is 7.12. The molecule has 0 aliphatic carbocycles. The number of rotatable bonds is 2. The van der Waals surface area contributed by atoms with Gasteiger partial charge in [0.1, 0.15) is 0 Å². The summed E-state index contributed by atoms with van der Waals surface area (Å²) in [5.41, 5.74) is -0.220. The number of carbonyl (C=O) groups is 1. The van der Waals surface area contributed by atoms with Crippen LogP contribution < -0.4 is 5.32 Å². The van der Waals surface area contributed by atoms with Gasteiger partial charge in [-0.2, -0.15) is 0 Å². The van der Waals surface area contributed by atoms with Gasteiger partial charge in [-0.15, -0.1) is 11.3 Å². The molecule has 1 N–H and O–H groups in total. The Morgan fingerprint density at radius 2 is 2.06 bits per heavy atom. The van der Waals surface area contributed by atoms with E-state index >= 15 is 0 Å². The number of amides is 1. The first-order valence-corrected chi connectivity index (χ1v) is 6.61. The second-order valence-corrected chi connectivity index (χ2v) is 6.47. The lowest BCUT2D eigenvalue weighted by Crippen LogP contribution is -2.47. The fourth-order valence-electron chi connectivity index (χ4n) is 2.33. The zero-order valence-electron chi connectivity index (χ0n) is 10.4. The van der Waals surface area contributed by atoms with E-state index in [1.807, 2.05) is 11.3 Å². The Balaban J connectivity index is 2.41. The van der Waals surface area contributed by atoms with Gasteiger partial charge in [0.15, 0.2) is 0 Å². The molecule has 1 aromatic rings. The summed E-state index contributed by atoms with van der Waals surface area (Å²) in [7, 11) is 0. The Morgan fingerprint density at radius 1 is 1.38 bits per heavy atom. The third-order valence-electron chi connectivity index (χ3n) is 3.90. The van der Waals surface area contributed by atoms with E-state index in [1.165, 1.54) is 9.75 Å². The monoisotopic (exact) mass is 237 g/mol. The average molecular weight is 237 g/mol. The van der Waals surface area contributed by atoms with Gasteiger partial charge in [-0.05, 0) is 32.4 Å². The molecule has 2 rings (SSSR count). The summed E-state index contributed by atoms with van der Waals surface area (Å²) < 4.78 is 0. The molecule has 0 radical (unpaired) electrons. The summed E-state index contributed by atoms with van der Waals surface area (Å²) >= 11 is 1.84. The smallest absolute Gasteiger partial charge is 0.221 e. The summed E-state index contributed by atoms with van der Waals surface area (Å²) in [5, 5.41) is 3.08.